The number of carbonyl (C=O) groups is 1. The molecule has 0 aliphatic heterocycles. The number of anilines is 2. The van der Waals surface area contributed by atoms with Gasteiger partial charge < -0.3 is 15.8 Å². The summed E-state index contributed by atoms with van der Waals surface area (Å²) in [6.07, 6.45) is 5.52. The lowest BCUT2D eigenvalue weighted by Crippen LogP contribution is -2.20. The molecule has 0 aromatic heterocycles. The molecule has 3 N–H and O–H groups in total. The number of hydrogen-bond acceptors (Lipinski definition) is 4. The quantitative estimate of drug-likeness (QED) is 0.508. The average molecular weight is 294 g/mol. The highest BCUT2D eigenvalue weighted by Crippen LogP contribution is 2.28. The first kappa shape index (κ1) is 15.6. The van der Waals surface area contributed by atoms with Gasteiger partial charge in [-0.3, -0.25) is 0 Å². The SMILES string of the molecule is COC(=O)c1cc(NC2CCCC(C)CC2)c(F)cc1N. The number of nitrogens with one attached hydrogen (secondary N) is 1. The zero-order valence-electron chi connectivity index (χ0n) is 12.6. The van der Waals surface area contributed by atoms with Crippen LogP contribution in [0.25, 0.3) is 0 Å². The lowest BCUT2D eigenvalue weighted by Gasteiger charge is -2.19. The molecule has 0 amide bonds. The van der Waals surface area contributed by atoms with E-state index < -0.39 is 11.8 Å². The predicted octanol–water partition coefficient (Wildman–Crippen LogP) is 3.58. The highest BCUT2D eigenvalue weighted by molar-refractivity contribution is 5.96. The minimum Gasteiger partial charge on any atom is -0.465 e. The van der Waals surface area contributed by atoms with Gasteiger partial charge in [-0.25, -0.2) is 9.18 Å². The smallest absolute Gasteiger partial charge is 0.340 e. The average Bonchev–Trinajstić information content (AvgIpc) is 2.66. The molecular formula is C16H23FN2O2. The van der Waals surface area contributed by atoms with Gasteiger partial charge in [-0.2, -0.15) is 0 Å². The van der Waals surface area contributed by atoms with Gasteiger partial charge in [0.2, 0.25) is 0 Å². The van der Waals surface area contributed by atoms with E-state index in [2.05, 4.69) is 17.0 Å². The molecule has 1 fully saturated rings. The maximum Gasteiger partial charge on any atom is 0.340 e. The standard InChI is InChI=1S/C16H23FN2O2/c1-10-4-3-5-11(7-6-10)19-15-8-12(16(20)21-2)14(18)9-13(15)17/h8-11,19H,3-7,18H2,1-2H3. The van der Waals surface area contributed by atoms with Crippen LogP contribution < -0.4 is 11.1 Å². The first-order chi connectivity index (χ1) is 10.0. The molecule has 0 radical (unpaired) electrons. The summed E-state index contributed by atoms with van der Waals surface area (Å²) >= 11 is 0. The second kappa shape index (κ2) is 6.78. The van der Waals surface area contributed by atoms with Crippen molar-refractivity contribution in [3.8, 4) is 0 Å². The number of ether oxygens (including phenoxy) is 1. The van der Waals surface area contributed by atoms with E-state index >= 15 is 0 Å². The highest BCUT2D eigenvalue weighted by atomic mass is 19.1. The van der Waals surface area contributed by atoms with E-state index in [1.807, 2.05) is 0 Å². The van der Waals surface area contributed by atoms with Crippen LogP contribution in [0.15, 0.2) is 12.1 Å². The summed E-state index contributed by atoms with van der Waals surface area (Å²) < 4.78 is 18.7. The fourth-order valence-electron chi connectivity index (χ4n) is 2.84. The van der Waals surface area contributed by atoms with Gasteiger partial charge in [-0.05, 0) is 37.3 Å². The minimum atomic E-state index is -0.551. The Labute approximate surface area is 124 Å². The van der Waals surface area contributed by atoms with E-state index in [1.165, 1.54) is 25.7 Å². The van der Waals surface area contributed by atoms with Crippen molar-refractivity contribution in [1.29, 1.82) is 0 Å². The van der Waals surface area contributed by atoms with Gasteiger partial charge in [0.05, 0.1) is 18.4 Å². The number of halogens is 1. The van der Waals surface area contributed by atoms with Crippen LogP contribution in [0.3, 0.4) is 0 Å². The number of nitrogen functional groups attached to an aromatic ring is 1. The summed E-state index contributed by atoms with van der Waals surface area (Å²) in [4.78, 5) is 11.6. The van der Waals surface area contributed by atoms with E-state index in [9.17, 15) is 9.18 Å². The van der Waals surface area contributed by atoms with Crippen LogP contribution in [0.5, 0.6) is 0 Å². The largest absolute Gasteiger partial charge is 0.465 e. The van der Waals surface area contributed by atoms with Gasteiger partial charge in [0.1, 0.15) is 5.82 Å². The van der Waals surface area contributed by atoms with Crippen LogP contribution in [0.2, 0.25) is 0 Å². The van der Waals surface area contributed by atoms with Crippen molar-refractivity contribution in [1.82, 2.24) is 0 Å². The summed E-state index contributed by atoms with van der Waals surface area (Å²) in [5, 5.41) is 3.22. The molecule has 21 heavy (non-hydrogen) atoms. The fourth-order valence-corrected chi connectivity index (χ4v) is 2.84. The third-order valence-corrected chi connectivity index (χ3v) is 4.16. The third-order valence-electron chi connectivity index (χ3n) is 4.16. The number of benzene rings is 1. The van der Waals surface area contributed by atoms with Gasteiger partial charge >= 0.3 is 5.97 Å². The van der Waals surface area contributed by atoms with E-state index in [0.717, 1.165) is 31.6 Å². The summed E-state index contributed by atoms with van der Waals surface area (Å²) in [7, 11) is 1.28. The third kappa shape index (κ3) is 3.86. The normalized spacial score (nSPS) is 22.4. The topological polar surface area (TPSA) is 64.3 Å². The van der Waals surface area contributed by atoms with Crippen molar-refractivity contribution in [2.45, 2.75) is 45.1 Å². The Kier molecular flexibility index (Phi) is 5.04. The Hall–Kier alpha value is -1.78. The monoisotopic (exact) mass is 294 g/mol. The molecule has 5 heteroatoms. The van der Waals surface area contributed by atoms with Gasteiger partial charge in [0.25, 0.3) is 0 Å². The second-order valence-corrected chi connectivity index (χ2v) is 5.87. The Bertz CT molecular complexity index is 519. The molecule has 1 saturated carbocycles. The number of nitrogens with two attached hydrogens (primary N) is 1. The van der Waals surface area contributed by atoms with Crippen molar-refractivity contribution in [3.63, 3.8) is 0 Å². The summed E-state index contributed by atoms with van der Waals surface area (Å²) in [6, 6.07) is 2.86. The fraction of sp³-hybridized carbons (Fsp3) is 0.562. The molecule has 0 heterocycles. The molecule has 1 aromatic carbocycles. The molecule has 0 spiro atoms. The molecule has 116 valence electrons. The van der Waals surface area contributed by atoms with Crippen LogP contribution in [0.4, 0.5) is 15.8 Å². The highest BCUT2D eigenvalue weighted by Gasteiger charge is 2.19. The number of carbonyl (C=O) groups excluding carboxylic acids is 1. The second-order valence-electron chi connectivity index (χ2n) is 5.87. The van der Waals surface area contributed by atoms with Crippen molar-refractivity contribution >= 4 is 17.3 Å². The maximum absolute atomic E-state index is 14.0. The molecule has 2 atom stereocenters. The van der Waals surface area contributed by atoms with Crippen LogP contribution >= 0.6 is 0 Å². The first-order valence-electron chi connectivity index (χ1n) is 7.45. The molecule has 1 aliphatic carbocycles. The van der Waals surface area contributed by atoms with Gasteiger partial charge in [0.15, 0.2) is 0 Å². The minimum absolute atomic E-state index is 0.0967. The van der Waals surface area contributed by atoms with Crippen molar-refractivity contribution in [2.75, 3.05) is 18.2 Å². The molecule has 1 aromatic rings. The molecule has 4 nitrogen and oxygen atoms in total. The van der Waals surface area contributed by atoms with Crippen molar-refractivity contribution in [3.05, 3.63) is 23.5 Å². The van der Waals surface area contributed by atoms with E-state index in [0.29, 0.717) is 5.69 Å². The molecule has 2 unspecified atom stereocenters. The van der Waals surface area contributed by atoms with Crippen LogP contribution in [0, 0.1) is 11.7 Å². The Morgan fingerprint density at radius 1 is 1.33 bits per heavy atom. The van der Waals surface area contributed by atoms with Crippen LogP contribution in [-0.2, 0) is 4.74 Å². The Balaban J connectivity index is 2.17. The van der Waals surface area contributed by atoms with Crippen LogP contribution in [-0.4, -0.2) is 19.1 Å². The van der Waals surface area contributed by atoms with Gasteiger partial charge in [-0.15, -0.1) is 0 Å². The number of rotatable bonds is 3. The number of methoxy groups -OCH3 is 1. The number of esters is 1. The molecule has 0 bridgehead atoms. The zero-order chi connectivity index (χ0) is 15.4. The van der Waals surface area contributed by atoms with E-state index in [1.54, 1.807) is 0 Å². The lowest BCUT2D eigenvalue weighted by atomic mass is 10.0. The summed E-state index contributed by atoms with van der Waals surface area (Å²) in [5.74, 6) is -0.263. The van der Waals surface area contributed by atoms with Crippen molar-refractivity contribution < 1.29 is 13.9 Å². The Morgan fingerprint density at radius 3 is 2.81 bits per heavy atom. The summed E-state index contributed by atoms with van der Waals surface area (Å²) in [6.45, 7) is 2.25. The van der Waals surface area contributed by atoms with E-state index in [-0.39, 0.29) is 17.3 Å². The lowest BCUT2D eigenvalue weighted by molar-refractivity contribution is 0.0602. The Morgan fingerprint density at radius 2 is 2.10 bits per heavy atom. The van der Waals surface area contributed by atoms with Crippen molar-refractivity contribution in [2.24, 2.45) is 5.92 Å². The summed E-state index contributed by atoms with van der Waals surface area (Å²) in [5.41, 5.74) is 6.29. The van der Waals surface area contributed by atoms with E-state index in [4.69, 9.17) is 5.73 Å². The maximum atomic E-state index is 14.0. The van der Waals surface area contributed by atoms with Gasteiger partial charge in [-0.1, -0.05) is 19.8 Å². The molecule has 1 aliphatic rings. The molecule has 2 rings (SSSR count). The van der Waals surface area contributed by atoms with Gasteiger partial charge in [0, 0.05) is 11.7 Å². The molecule has 0 saturated heterocycles. The van der Waals surface area contributed by atoms with Crippen LogP contribution in [0.1, 0.15) is 49.4 Å². The number of hydrogen-bond donors (Lipinski definition) is 2. The predicted molar refractivity (Wildman–Crippen MR) is 81.8 cm³/mol. The molecular weight excluding hydrogens is 271 g/mol. The zero-order valence-corrected chi connectivity index (χ0v) is 12.6. The first-order valence-corrected chi connectivity index (χ1v) is 7.45.